The van der Waals surface area contributed by atoms with Gasteiger partial charge in [-0.15, -0.1) is 0 Å². The molecule has 0 aromatic rings. The summed E-state index contributed by atoms with van der Waals surface area (Å²) in [6.45, 7) is 3.40. The second-order valence-electron chi connectivity index (χ2n) is 3.10. The smallest absolute Gasteiger partial charge is 0.316 e. The first-order valence-electron chi connectivity index (χ1n) is 4.97. The molecule has 0 atom stereocenters. The molecule has 0 saturated heterocycles. The van der Waals surface area contributed by atoms with E-state index in [1.54, 1.807) is 0 Å². The van der Waals surface area contributed by atoms with E-state index in [0.717, 1.165) is 19.4 Å². The second kappa shape index (κ2) is 8.41. The van der Waals surface area contributed by atoms with Crippen LogP contribution in [0.3, 0.4) is 0 Å². The van der Waals surface area contributed by atoms with Crippen molar-refractivity contribution in [3.63, 3.8) is 0 Å². The van der Waals surface area contributed by atoms with Gasteiger partial charge in [-0.1, -0.05) is 26.2 Å². The van der Waals surface area contributed by atoms with E-state index in [1.807, 2.05) is 0 Å². The minimum Gasteiger partial charge on any atom is -0.316 e. The standard InChI is InChI=1S/C9H18F3NS/c1-2-3-4-5-6-13-7-8-14-9(10,11)12/h13H,2-8H2,1H3. The first kappa shape index (κ1) is 14.1. The van der Waals surface area contributed by atoms with Crippen molar-refractivity contribution in [2.24, 2.45) is 0 Å². The van der Waals surface area contributed by atoms with Gasteiger partial charge in [0.1, 0.15) is 0 Å². The summed E-state index contributed by atoms with van der Waals surface area (Å²) in [5.41, 5.74) is -4.08. The van der Waals surface area contributed by atoms with Crippen molar-refractivity contribution in [1.29, 1.82) is 0 Å². The molecule has 14 heavy (non-hydrogen) atoms. The van der Waals surface area contributed by atoms with Crippen LogP contribution in [-0.2, 0) is 0 Å². The lowest BCUT2D eigenvalue weighted by Gasteiger charge is -2.06. The molecule has 5 heteroatoms. The summed E-state index contributed by atoms with van der Waals surface area (Å²) < 4.78 is 35.0. The second-order valence-corrected chi connectivity index (χ2v) is 4.26. The lowest BCUT2D eigenvalue weighted by molar-refractivity contribution is -0.0327. The zero-order valence-corrected chi connectivity index (χ0v) is 9.31. The maximum Gasteiger partial charge on any atom is 0.441 e. The number of hydrogen-bond donors (Lipinski definition) is 1. The van der Waals surface area contributed by atoms with Crippen LogP contribution >= 0.6 is 11.8 Å². The SMILES string of the molecule is CCCCCCNCCSC(F)(F)F. The summed E-state index contributed by atoms with van der Waals surface area (Å²) in [7, 11) is 0. The monoisotopic (exact) mass is 229 g/mol. The molecule has 0 rings (SSSR count). The van der Waals surface area contributed by atoms with Gasteiger partial charge in [-0.2, -0.15) is 13.2 Å². The molecule has 1 N–H and O–H groups in total. The van der Waals surface area contributed by atoms with Crippen molar-refractivity contribution in [3.05, 3.63) is 0 Å². The Bertz CT molecular complexity index is 128. The van der Waals surface area contributed by atoms with Gasteiger partial charge in [-0.05, 0) is 24.7 Å². The number of unbranched alkanes of at least 4 members (excludes halogenated alkanes) is 3. The Morgan fingerprint density at radius 2 is 1.79 bits per heavy atom. The third kappa shape index (κ3) is 12.1. The molecule has 0 aromatic carbocycles. The highest BCUT2D eigenvalue weighted by atomic mass is 32.2. The average molecular weight is 229 g/mol. The quantitative estimate of drug-likeness (QED) is 0.640. The predicted octanol–water partition coefficient (Wildman–Crippen LogP) is 3.41. The van der Waals surface area contributed by atoms with Crippen molar-refractivity contribution in [2.45, 2.75) is 38.1 Å². The van der Waals surface area contributed by atoms with Crippen molar-refractivity contribution in [1.82, 2.24) is 5.32 Å². The molecule has 0 radical (unpaired) electrons. The molecule has 0 aliphatic heterocycles. The van der Waals surface area contributed by atoms with E-state index in [2.05, 4.69) is 12.2 Å². The van der Waals surface area contributed by atoms with E-state index >= 15 is 0 Å². The molecule has 0 saturated carbocycles. The Morgan fingerprint density at radius 3 is 2.36 bits per heavy atom. The number of rotatable bonds is 8. The fourth-order valence-electron chi connectivity index (χ4n) is 1.04. The lowest BCUT2D eigenvalue weighted by Crippen LogP contribution is -2.19. The van der Waals surface area contributed by atoms with Crippen LogP contribution in [0.4, 0.5) is 13.2 Å². The Labute approximate surface area is 87.8 Å². The summed E-state index contributed by atoms with van der Waals surface area (Å²) in [5, 5.41) is 3.00. The third-order valence-electron chi connectivity index (χ3n) is 1.75. The van der Waals surface area contributed by atoms with E-state index < -0.39 is 5.51 Å². The van der Waals surface area contributed by atoms with Crippen LogP contribution in [0.15, 0.2) is 0 Å². The summed E-state index contributed by atoms with van der Waals surface area (Å²) in [4.78, 5) is 0. The zero-order valence-electron chi connectivity index (χ0n) is 8.49. The molecule has 0 aromatic heterocycles. The van der Waals surface area contributed by atoms with Gasteiger partial charge in [-0.25, -0.2) is 0 Å². The molecule has 0 aliphatic carbocycles. The highest BCUT2D eigenvalue weighted by molar-refractivity contribution is 8.00. The fraction of sp³-hybridized carbons (Fsp3) is 1.00. The van der Waals surface area contributed by atoms with Crippen LogP contribution in [-0.4, -0.2) is 24.4 Å². The molecule has 1 nitrogen and oxygen atoms in total. The van der Waals surface area contributed by atoms with Crippen molar-refractivity contribution >= 4 is 11.8 Å². The van der Waals surface area contributed by atoms with E-state index in [4.69, 9.17) is 0 Å². The summed E-state index contributed by atoms with van der Waals surface area (Å²) in [6, 6.07) is 0. The average Bonchev–Trinajstić information content (AvgIpc) is 2.08. The topological polar surface area (TPSA) is 12.0 Å². The number of alkyl halides is 3. The molecule has 0 heterocycles. The molecular formula is C9H18F3NS. The van der Waals surface area contributed by atoms with Crippen LogP contribution in [0.25, 0.3) is 0 Å². The number of nitrogens with one attached hydrogen (secondary N) is 1. The molecule has 86 valence electrons. The molecule has 0 fully saturated rings. The maximum absolute atomic E-state index is 11.7. The Hall–Kier alpha value is 0.100. The van der Waals surface area contributed by atoms with Crippen molar-refractivity contribution < 1.29 is 13.2 Å². The Kier molecular flexibility index (Phi) is 8.47. The van der Waals surface area contributed by atoms with Gasteiger partial charge in [0.15, 0.2) is 0 Å². The predicted molar refractivity (Wildman–Crippen MR) is 55.5 cm³/mol. The van der Waals surface area contributed by atoms with E-state index in [9.17, 15) is 13.2 Å². The van der Waals surface area contributed by atoms with Crippen LogP contribution in [0, 0.1) is 0 Å². The van der Waals surface area contributed by atoms with Gasteiger partial charge in [0.25, 0.3) is 0 Å². The lowest BCUT2D eigenvalue weighted by atomic mass is 10.2. The van der Waals surface area contributed by atoms with Gasteiger partial charge in [0.2, 0.25) is 0 Å². The van der Waals surface area contributed by atoms with E-state index in [1.165, 1.54) is 12.8 Å². The number of hydrogen-bond acceptors (Lipinski definition) is 2. The van der Waals surface area contributed by atoms with Gasteiger partial charge in [-0.3, -0.25) is 0 Å². The van der Waals surface area contributed by atoms with Gasteiger partial charge in [0.05, 0.1) is 0 Å². The van der Waals surface area contributed by atoms with Crippen LogP contribution in [0.2, 0.25) is 0 Å². The van der Waals surface area contributed by atoms with Crippen LogP contribution in [0.1, 0.15) is 32.6 Å². The highest BCUT2D eigenvalue weighted by Gasteiger charge is 2.27. The van der Waals surface area contributed by atoms with E-state index in [0.29, 0.717) is 6.54 Å². The largest absolute Gasteiger partial charge is 0.441 e. The molecular weight excluding hydrogens is 211 g/mol. The summed E-state index contributed by atoms with van der Waals surface area (Å²) in [6.07, 6.45) is 4.61. The minimum atomic E-state index is -4.08. The van der Waals surface area contributed by atoms with Gasteiger partial charge in [0, 0.05) is 12.3 Å². The zero-order chi connectivity index (χ0) is 10.9. The molecule has 0 amide bonds. The molecule has 0 spiro atoms. The first-order chi connectivity index (χ1) is 6.56. The van der Waals surface area contributed by atoms with Gasteiger partial charge >= 0.3 is 5.51 Å². The summed E-state index contributed by atoms with van der Waals surface area (Å²) in [5.74, 6) is 0.108. The Balaban J connectivity index is 2.99. The number of halogens is 3. The Morgan fingerprint density at radius 1 is 1.07 bits per heavy atom. The molecule has 0 unspecified atom stereocenters. The normalized spacial score (nSPS) is 12.0. The molecule has 0 bridgehead atoms. The first-order valence-corrected chi connectivity index (χ1v) is 5.96. The molecule has 0 aliphatic rings. The maximum atomic E-state index is 11.7. The third-order valence-corrected chi connectivity index (χ3v) is 2.49. The number of thioether (sulfide) groups is 1. The summed E-state index contributed by atoms with van der Waals surface area (Å²) >= 11 is 0.0394. The minimum absolute atomic E-state index is 0.0394. The van der Waals surface area contributed by atoms with E-state index in [-0.39, 0.29) is 17.5 Å². The van der Waals surface area contributed by atoms with Gasteiger partial charge < -0.3 is 5.32 Å². The van der Waals surface area contributed by atoms with Crippen molar-refractivity contribution in [2.75, 3.05) is 18.8 Å². The highest BCUT2D eigenvalue weighted by Crippen LogP contribution is 2.29. The van der Waals surface area contributed by atoms with Crippen molar-refractivity contribution in [3.8, 4) is 0 Å². The van der Waals surface area contributed by atoms with Crippen LogP contribution < -0.4 is 5.32 Å². The fourth-order valence-corrected chi connectivity index (χ4v) is 1.52. The van der Waals surface area contributed by atoms with Crippen LogP contribution in [0.5, 0.6) is 0 Å².